The van der Waals surface area contributed by atoms with Crippen LogP contribution in [-0.2, 0) is 4.79 Å². The predicted molar refractivity (Wildman–Crippen MR) is 100 cm³/mol. The highest BCUT2D eigenvalue weighted by Crippen LogP contribution is 2.49. The van der Waals surface area contributed by atoms with Gasteiger partial charge >= 0.3 is 12.1 Å². The molecule has 0 bridgehead atoms. The Kier molecular flexibility index (Phi) is 4.83. The maximum atomic E-state index is 12.9. The number of carbonyl (C=O) groups excluding carboxylic acids is 1. The third kappa shape index (κ3) is 3.37. The lowest BCUT2D eigenvalue weighted by molar-refractivity contribution is -0.174. The molecular weight excluding hydrogens is 416 g/mol. The Morgan fingerprint density at radius 2 is 1.86 bits per heavy atom. The number of rotatable bonds is 1. The van der Waals surface area contributed by atoms with Crippen LogP contribution in [0.3, 0.4) is 0 Å². The molecule has 1 saturated heterocycles. The Labute approximate surface area is 169 Å². The fourth-order valence-corrected chi connectivity index (χ4v) is 4.12. The molecule has 0 unspecified atom stereocenters. The second-order valence-electron chi connectivity index (χ2n) is 6.73. The fraction of sp³-hybridized carbons (Fsp3) is 0.316. The summed E-state index contributed by atoms with van der Waals surface area (Å²) in [6.45, 7) is 0.575. The van der Waals surface area contributed by atoms with Crippen molar-refractivity contribution in [2.75, 3.05) is 11.4 Å². The summed E-state index contributed by atoms with van der Waals surface area (Å²) in [6.07, 6.45) is -3.94. The molecule has 4 nitrogen and oxygen atoms in total. The molecule has 28 heavy (non-hydrogen) atoms. The molecule has 1 fully saturated rings. The lowest BCUT2D eigenvalue weighted by Crippen LogP contribution is -2.52. The average molecular weight is 431 g/mol. The van der Waals surface area contributed by atoms with Crippen LogP contribution in [0.1, 0.15) is 24.4 Å². The molecule has 4 rings (SSSR count). The van der Waals surface area contributed by atoms with Crippen LogP contribution in [0.25, 0.3) is 0 Å². The zero-order valence-corrected chi connectivity index (χ0v) is 15.9. The largest absolute Gasteiger partial charge is 0.471 e. The maximum absolute atomic E-state index is 12.9. The first kappa shape index (κ1) is 19.2. The van der Waals surface area contributed by atoms with Crippen LogP contribution in [0.2, 0.25) is 10.0 Å². The van der Waals surface area contributed by atoms with Crippen molar-refractivity contribution in [1.29, 1.82) is 0 Å². The summed E-state index contributed by atoms with van der Waals surface area (Å²) in [5.74, 6) is -0.980. The van der Waals surface area contributed by atoms with Gasteiger partial charge in [-0.25, -0.2) is 0 Å². The molecule has 0 aliphatic carbocycles. The Morgan fingerprint density at radius 1 is 1.14 bits per heavy atom. The van der Waals surface area contributed by atoms with Crippen LogP contribution in [-0.4, -0.2) is 24.7 Å². The molecule has 2 heterocycles. The van der Waals surface area contributed by atoms with Crippen molar-refractivity contribution in [3.63, 3.8) is 0 Å². The number of piperidine rings is 1. The molecule has 2 aliphatic heterocycles. The van der Waals surface area contributed by atoms with Gasteiger partial charge in [-0.1, -0.05) is 41.4 Å². The molecule has 9 heteroatoms. The van der Waals surface area contributed by atoms with Gasteiger partial charge in [-0.15, -0.1) is 0 Å². The molecule has 0 aromatic heterocycles. The van der Waals surface area contributed by atoms with E-state index in [1.165, 1.54) is 0 Å². The SMILES string of the molecule is O=C(N[C@H]1CCCN2c3cc(Cl)c(Cl)cc3Oc3ccccc3[C@@H]12)C(F)(F)F. The van der Waals surface area contributed by atoms with Gasteiger partial charge in [0, 0.05) is 18.2 Å². The van der Waals surface area contributed by atoms with Gasteiger partial charge < -0.3 is 15.0 Å². The number of amides is 1. The zero-order chi connectivity index (χ0) is 20.1. The van der Waals surface area contributed by atoms with Gasteiger partial charge in [0.25, 0.3) is 0 Å². The van der Waals surface area contributed by atoms with E-state index in [0.29, 0.717) is 52.2 Å². The second kappa shape index (κ2) is 7.04. The van der Waals surface area contributed by atoms with E-state index in [1.54, 1.807) is 36.4 Å². The molecule has 0 saturated carbocycles. The number of anilines is 1. The van der Waals surface area contributed by atoms with Crippen molar-refractivity contribution in [2.24, 2.45) is 0 Å². The fourth-order valence-electron chi connectivity index (χ4n) is 3.81. The minimum Gasteiger partial charge on any atom is -0.455 e. The molecule has 0 spiro atoms. The third-order valence-corrected chi connectivity index (χ3v) is 5.70. The standard InChI is InChI=1S/C19H15Cl2F3N2O2/c20-11-8-14-16(9-12(11)21)28-15-6-2-1-4-10(15)17-13(5-3-7-26(14)17)25-18(27)19(22,23)24/h1-2,4,6,8-9,13,17H,3,5,7H2,(H,25,27)/t13-,17-/m0/s1. The van der Waals surface area contributed by atoms with E-state index < -0.39 is 24.2 Å². The van der Waals surface area contributed by atoms with Crippen molar-refractivity contribution in [2.45, 2.75) is 31.1 Å². The molecule has 2 aliphatic rings. The summed E-state index contributed by atoms with van der Waals surface area (Å²) in [5, 5.41) is 2.79. The van der Waals surface area contributed by atoms with Gasteiger partial charge in [0.1, 0.15) is 5.75 Å². The first-order chi connectivity index (χ1) is 13.3. The monoisotopic (exact) mass is 430 g/mol. The van der Waals surface area contributed by atoms with Gasteiger partial charge in [-0.3, -0.25) is 4.79 Å². The lowest BCUT2D eigenvalue weighted by atomic mass is 9.89. The van der Waals surface area contributed by atoms with Crippen LogP contribution in [0.15, 0.2) is 36.4 Å². The van der Waals surface area contributed by atoms with E-state index in [-0.39, 0.29) is 0 Å². The first-order valence-corrected chi connectivity index (χ1v) is 9.41. The molecule has 2 aromatic carbocycles. The van der Waals surface area contributed by atoms with E-state index in [4.69, 9.17) is 27.9 Å². The summed E-state index contributed by atoms with van der Waals surface area (Å²) < 4.78 is 44.6. The van der Waals surface area contributed by atoms with Gasteiger partial charge in [0.05, 0.1) is 27.8 Å². The number of carbonyl (C=O) groups is 1. The number of benzene rings is 2. The van der Waals surface area contributed by atoms with Crippen LogP contribution in [0.5, 0.6) is 11.5 Å². The van der Waals surface area contributed by atoms with Crippen LogP contribution < -0.4 is 15.0 Å². The van der Waals surface area contributed by atoms with Crippen molar-refractivity contribution in [1.82, 2.24) is 5.32 Å². The summed E-state index contributed by atoms with van der Waals surface area (Å²) in [6, 6.07) is 9.05. The van der Waals surface area contributed by atoms with Crippen molar-refractivity contribution < 1.29 is 22.7 Å². The smallest absolute Gasteiger partial charge is 0.455 e. The Morgan fingerprint density at radius 3 is 2.61 bits per heavy atom. The number of fused-ring (bicyclic) bond motifs is 5. The number of nitrogens with zero attached hydrogens (tertiary/aromatic N) is 1. The van der Waals surface area contributed by atoms with Crippen molar-refractivity contribution in [3.8, 4) is 11.5 Å². The van der Waals surface area contributed by atoms with E-state index in [9.17, 15) is 18.0 Å². The van der Waals surface area contributed by atoms with Crippen molar-refractivity contribution >= 4 is 34.8 Å². The zero-order valence-electron chi connectivity index (χ0n) is 14.4. The van der Waals surface area contributed by atoms with Crippen LogP contribution >= 0.6 is 23.2 Å². The summed E-state index contributed by atoms with van der Waals surface area (Å²) in [4.78, 5) is 13.5. The first-order valence-electron chi connectivity index (χ1n) is 8.66. The molecule has 0 radical (unpaired) electrons. The third-order valence-electron chi connectivity index (χ3n) is 4.97. The van der Waals surface area contributed by atoms with E-state index >= 15 is 0 Å². The molecule has 2 aromatic rings. The predicted octanol–water partition coefficient (Wildman–Crippen LogP) is 5.49. The Hall–Kier alpha value is -2.12. The molecule has 1 N–H and O–H groups in total. The average Bonchev–Trinajstić information content (AvgIpc) is 2.77. The highest BCUT2D eigenvalue weighted by Gasteiger charge is 2.44. The van der Waals surface area contributed by atoms with Crippen LogP contribution in [0.4, 0.5) is 18.9 Å². The molecular formula is C19H15Cl2F3N2O2. The number of para-hydroxylation sites is 1. The minimum absolute atomic E-state index is 0.315. The Bertz CT molecular complexity index is 936. The highest BCUT2D eigenvalue weighted by molar-refractivity contribution is 6.42. The lowest BCUT2D eigenvalue weighted by Gasteiger charge is -2.42. The number of ether oxygens (including phenoxy) is 1. The van der Waals surface area contributed by atoms with Gasteiger partial charge in [0.15, 0.2) is 5.75 Å². The van der Waals surface area contributed by atoms with Crippen molar-refractivity contribution in [3.05, 3.63) is 52.0 Å². The number of halogens is 5. The normalized spacial score (nSPS) is 21.0. The van der Waals surface area contributed by atoms with E-state index in [2.05, 4.69) is 5.32 Å². The summed E-state index contributed by atoms with van der Waals surface area (Å²) in [5.41, 5.74) is 1.32. The topological polar surface area (TPSA) is 41.6 Å². The van der Waals surface area contributed by atoms with Crippen LogP contribution in [0, 0.1) is 0 Å². The van der Waals surface area contributed by atoms with E-state index in [0.717, 1.165) is 0 Å². The number of hydrogen-bond donors (Lipinski definition) is 1. The molecule has 2 atom stereocenters. The van der Waals surface area contributed by atoms with Gasteiger partial charge in [0.2, 0.25) is 0 Å². The molecule has 1 amide bonds. The summed E-state index contributed by atoms with van der Waals surface area (Å²) in [7, 11) is 0. The highest BCUT2D eigenvalue weighted by atomic mass is 35.5. The number of hydrogen-bond acceptors (Lipinski definition) is 3. The van der Waals surface area contributed by atoms with E-state index in [1.807, 2.05) is 4.90 Å². The van der Waals surface area contributed by atoms with Gasteiger partial charge in [-0.2, -0.15) is 13.2 Å². The maximum Gasteiger partial charge on any atom is 0.471 e. The Balaban J connectivity index is 1.83. The molecule has 148 valence electrons. The second-order valence-corrected chi connectivity index (χ2v) is 7.55. The quantitative estimate of drug-likeness (QED) is 0.650. The number of nitrogens with one attached hydrogen (secondary N) is 1. The minimum atomic E-state index is -4.95. The summed E-state index contributed by atoms with van der Waals surface area (Å²) >= 11 is 12.3. The van der Waals surface area contributed by atoms with Gasteiger partial charge in [-0.05, 0) is 25.0 Å². The number of alkyl halides is 3.